The van der Waals surface area contributed by atoms with Crippen molar-refractivity contribution >= 4 is 315 Å². The van der Waals surface area contributed by atoms with Crippen molar-refractivity contribution in [1.29, 1.82) is 0 Å². The molecule has 0 aliphatic rings. The summed E-state index contributed by atoms with van der Waals surface area (Å²) in [5.41, 5.74) is 0. The summed E-state index contributed by atoms with van der Waals surface area (Å²) in [6.45, 7) is 16.0. The van der Waals surface area contributed by atoms with E-state index in [-0.39, 0.29) is 168 Å². The summed E-state index contributed by atoms with van der Waals surface area (Å²) in [4.78, 5) is 0. The van der Waals surface area contributed by atoms with Crippen LogP contribution in [0.4, 0.5) is 0 Å². The fourth-order valence-corrected chi connectivity index (χ4v) is 90.8. The summed E-state index contributed by atoms with van der Waals surface area (Å²) in [5, 5.41) is 0. The third kappa shape index (κ3) is 26.7. The minimum atomic E-state index is -4.81. The third-order valence-corrected chi connectivity index (χ3v) is 72.8. The molecule has 0 spiro atoms. The lowest BCUT2D eigenvalue weighted by Crippen LogP contribution is -2.73. The minimum absolute atomic E-state index is 0.0806. The first-order chi connectivity index (χ1) is 33.6. The van der Waals surface area contributed by atoms with E-state index in [1.54, 1.807) is 6.55 Å². The van der Waals surface area contributed by atoms with Crippen LogP contribution in [0.15, 0.2) is 0 Å². The second-order valence-corrected chi connectivity index (χ2v) is 76.7. The van der Waals surface area contributed by atoms with Crippen LogP contribution in [0.25, 0.3) is 0 Å². The van der Waals surface area contributed by atoms with Crippen LogP contribution in [0.5, 0.6) is 0 Å². The maximum atomic E-state index is 6.85. The average Bonchev–Trinajstić information content (AvgIpc) is 3.36. The van der Waals surface area contributed by atoms with Crippen LogP contribution in [0.2, 0.25) is 52.4 Å². The lowest BCUT2D eigenvalue weighted by molar-refractivity contribution is 0.00779. The third-order valence-electron chi connectivity index (χ3n) is 8.54. The molecular weight excluding hydrogens is 1500 g/mol. The van der Waals surface area contributed by atoms with Crippen LogP contribution in [-0.4, -0.2) is 321 Å². The molecule has 0 aliphatic heterocycles. The Labute approximate surface area is 497 Å². The molecule has 0 N–H and O–H groups in total. The van der Waals surface area contributed by atoms with Crippen molar-refractivity contribution in [3.05, 3.63) is 0 Å². The van der Waals surface area contributed by atoms with Crippen LogP contribution < -0.4 is 0 Å². The monoisotopic (exact) mass is 1580 g/mol. The van der Waals surface area contributed by atoms with Crippen molar-refractivity contribution < 1.29 is 128 Å². The van der Waals surface area contributed by atoms with E-state index >= 15 is 0 Å². The highest BCUT2D eigenvalue weighted by molar-refractivity contribution is 6.88. The van der Waals surface area contributed by atoms with Gasteiger partial charge in [-0.1, -0.05) is 13.1 Å². The topological polar surface area (TPSA) is 286 Å². The first kappa shape index (κ1) is 77.7. The fourth-order valence-electron chi connectivity index (χ4n) is 4.90. The molecule has 0 aromatic rings. The molecule has 0 fully saturated rings. The Hall–Kier alpha value is 5.70. The van der Waals surface area contributed by atoms with E-state index in [0.29, 0.717) is 6.23 Å². The Bertz CT molecular complexity index is 1330. The molecule has 0 saturated carbocycles. The normalized spacial score (nSPS) is 21.5. The second kappa shape index (κ2) is 37.9. The van der Waals surface area contributed by atoms with E-state index < -0.39 is 147 Å². The van der Waals surface area contributed by atoms with Gasteiger partial charge in [0, 0.05) is 6.23 Å². The molecule has 434 valence electrons. The van der Waals surface area contributed by atoms with Gasteiger partial charge in [-0.2, -0.15) is 0 Å². The van der Waals surface area contributed by atoms with E-state index in [9.17, 15) is 0 Å². The lowest BCUT2D eigenvalue weighted by Gasteiger charge is -2.43. The Morgan fingerprint density at radius 2 is 0.611 bits per heavy atom. The van der Waals surface area contributed by atoms with Gasteiger partial charge in [-0.05, 0) is 39.3 Å². The summed E-state index contributed by atoms with van der Waals surface area (Å²) in [5.74, 6) is 0. The summed E-state index contributed by atoms with van der Waals surface area (Å²) >= 11 is 0. The Kier molecular flexibility index (Phi) is 40.9. The summed E-state index contributed by atoms with van der Waals surface area (Å²) in [6, 6.07) is 0. The molecular formula is C9H84O31Si32. The van der Waals surface area contributed by atoms with Gasteiger partial charge in [0.25, 0.3) is 40.0 Å². The van der Waals surface area contributed by atoms with Crippen molar-refractivity contribution in [2.75, 3.05) is 6.23 Å². The fraction of sp³-hybridized carbons (Fsp3) is 1.00. The number of rotatable bonds is 47. The average molecular weight is 1590 g/mol. The van der Waals surface area contributed by atoms with E-state index in [1.165, 1.54) is 0 Å². The van der Waals surface area contributed by atoms with Gasteiger partial charge in [-0.3, -0.25) is 0 Å². The van der Waals surface area contributed by atoms with Crippen molar-refractivity contribution in [2.24, 2.45) is 0 Å². The van der Waals surface area contributed by atoms with Gasteiger partial charge in [0.2, 0.25) is 0 Å². The molecule has 72 heavy (non-hydrogen) atoms. The van der Waals surface area contributed by atoms with E-state index in [1.807, 2.05) is 13.1 Å². The van der Waals surface area contributed by atoms with Gasteiger partial charge in [0.1, 0.15) is 168 Å². The SMILES string of the molecule is C[SiH](C)CO[Si](C)(C)O[Si](O[Si](O[SiH3])(O[SiH3])O[SiH3])(O[Si](O[SiH3])(O[SiH3])O[SiH3])O[Si](O[SiH3])(O[SiH3])O[SiH2]O[SiH2]O[SiH](C)O[Si](O[Si](O[SiH3])(O[SiH3])O[SiH3])(O[Si](O[SiH3])(O[SiH3])O[SiH3])O[Si](O[SiH3])(O[SiH3])O[SiH2]O[SiH2]O[Si](C)(C)C. The second-order valence-electron chi connectivity index (χ2n) is 15.4. The molecule has 0 aromatic carbocycles. The smallest absolute Gasteiger partial charge is 0.441 e. The first-order valence-corrected chi connectivity index (χ1v) is 63.6. The molecule has 0 bridgehead atoms. The molecule has 0 radical (unpaired) electrons. The standard InChI is InChI=1S/C9H84O31Si32/c1-61(2)9-10-64(7,8)34-72(37-67(17-47,18-48)19-49,38-68(20-50,21-51)22-52)40-70(25-55,26-56)31-59-27-57-29-62(3)33-71(35-65(11-41,12-42)13-43,36-66(14-44,15-45)16-46)39-69(23-53,24-54)32-60-28-58-30-63(4,5)6/h61-62H,9,57-60H2,1-8,41-56H3. The molecule has 1 unspecified atom stereocenters. The van der Waals surface area contributed by atoms with E-state index in [4.69, 9.17) is 128 Å². The Balaban J connectivity index is 7.26. The molecule has 0 heterocycles. The van der Waals surface area contributed by atoms with Crippen molar-refractivity contribution in [3.8, 4) is 0 Å². The van der Waals surface area contributed by atoms with Crippen molar-refractivity contribution in [2.45, 2.75) is 52.4 Å². The maximum Gasteiger partial charge on any atom is 0.653 e. The molecule has 63 heteroatoms. The molecule has 0 amide bonds. The minimum Gasteiger partial charge on any atom is -0.441 e. The predicted molar refractivity (Wildman–Crippen MR) is 350 cm³/mol. The van der Waals surface area contributed by atoms with Gasteiger partial charge in [-0.15, -0.1) is 0 Å². The van der Waals surface area contributed by atoms with Crippen LogP contribution in [-0.2, 0) is 128 Å². The summed E-state index contributed by atoms with van der Waals surface area (Å²) in [6.07, 6.45) is 0.506. The van der Waals surface area contributed by atoms with Gasteiger partial charge < -0.3 is 128 Å². The number of hydrogen-bond donors (Lipinski definition) is 0. The quantitative estimate of drug-likeness (QED) is 0.0404. The van der Waals surface area contributed by atoms with Crippen LogP contribution in [0.1, 0.15) is 0 Å². The van der Waals surface area contributed by atoms with Gasteiger partial charge in [0.05, 0.1) is 8.80 Å². The number of hydrogen-bond acceptors (Lipinski definition) is 31. The molecule has 31 nitrogen and oxygen atoms in total. The summed E-state index contributed by atoms with van der Waals surface area (Å²) in [7, 11) is -47.7. The Morgan fingerprint density at radius 3 is 0.917 bits per heavy atom. The molecule has 0 saturated heterocycles. The summed E-state index contributed by atoms with van der Waals surface area (Å²) < 4.78 is 193. The molecule has 1 atom stereocenters. The Morgan fingerprint density at radius 1 is 0.333 bits per heavy atom. The largest absolute Gasteiger partial charge is 0.653 e. The highest BCUT2D eigenvalue weighted by Gasteiger charge is 2.71. The van der Waals surface area contributed by atoms with E-state index in [0.717, 1.165) is 0 Å². The predicted octanol–water partition coefficient (Wildman–Crippen LogP) is -25.1. The van der Waals surface area contributed by atoms with Crippen molar-refractivity contribution in [3.63, 3.8) is 0 Å². The first-order valence-electron chi connectivity index (χ1n) is 21.4. The molecule has 0 rings (SSSR count). The zero-order valence-corrected chi connectivity index (χ0v) is 96.3. The van der Waals surface area contributed by atoms with E-state index in [2.05, 4.69) is 32.7 Å². The highest BCUT2D eigenvalue weighted by Crippen LogP contribution is 2.33. The lowest BCUT2D eigenvalue weighted by atomic mass is 11.7. The van der Waals surface area contributed by atoms with Crippen LogP contribution in [0, 0.1) is 0 Å². The van der Waals surface area contributed by atoms with Gasteiger partial charge in [0.15, 0.2) is 8.32 Å². The van der Waals surface area contributed by atoms with Crippen LogP contribution >= 0.6 is 0 Å². The zero-order chi connectivity index (χ0) is 55.6. The molecule has 0 aliphatic carbocycles. The highest BCUT2D eigenvalue weighted by atomic mass is 28.6. The van der Waals surface area contributed by atoms with Crippen LogP contribution in [0.3, 0.4) is 0 Å². The maximum absolute atomic E-state index is 6.85. The van der Waals surface area contributed by atoms with Gasteiger partial charge in [-0.25, -0.2) is 0 Å². The van der Waals surface area contributed by atoms with Crippen molar-refractivity contribution in [1.82, 2.24) is 0 Å². The zero-order valence-electron chi connectivity index (χ0n) is 46.3. The molecule has 0 aromatic heterocycles. The van der Waals surface area contributed by atoms with Gasteiger partial charge >= 0.3 is 90.2 Å².